The molecule has 234 valence electrons. The molecule has 0 amide bonds. The number of methoxy groups -OCH3 is 2. The molecule has 0 spiro atoms. The Hall–Kier alpha value is -2.75. The maximum Gasteiger partial charge on any atom is 0.331 e. The number of hydrogen-bond acceptors (Lipinski definition) is 4. The van der Waals surface area contributed by atoms with Crippen LogP contribution in [-0.2, 0) is 9.53 Å². The molecule has 1 aromatic carbocycles. The average molecular weight is 587 g/mol. The second-order valence-electron chi connectivity index (χ2n) is 14.7. The maximum atomic E-state index is 12.8. The fraction of sp³-hybridized carbons (Fsp3) is 0.615. The zero-order valence-corrected chi connectivity index (χ0v) is 27.8. The SMILES string of the molecule is COc1ccc(C=CC(=O)O[C@H]2CC[C@@]3(C)C(=CC=C4C3CC[C@@]3(C)C4CC[C@@H]3[C@H](C)/C=C/[C@H](C)C(C)C)C2)cc1OC. The summed E-state index contributed by atoms with van der Waals surface area (Å²) in [7, 11) is 3.22. The van der Waals surface area contributed by atoms with Crippen molar-refractivity contribution in [2.45, 2.75) is 92.6 Å². The molecular formula is C39H54O4. The van der Waals surface area contributed by atoms with Gasteiger partial charge >= 0.3 is 5.97 Å². The van der Waals surface area contributed by atoms with Crippen molar-refractivity contribution < 1.29 is 19.0 Å². The summed E-state index contributed by atoms with van der Waals surface area (Å²) >= 11 is 0. The fourth-order valence-electron chi connectivity index (χ4n) is 9.01. The highest BCUT2D eigenvalue weighted by Gasteiger charge is 2.57. The van der Waals surface area contributed by atoms with Crippen LogP contribution in [0.1, 0.15) is 92.1 Å². The van der Waals surface area contributed by atoms with Gasteiger partial charge in [-0.3, -0.25) is 0 Å². The van der Waals surface area contributed by atoms with Crippen LogP contribution in [0.4, 0.5) is 0 Å². The minimum atomic E-state index is -0.285. The molecule has 0 aromatic heterocycles. The van der Waals surface area contributed by atoms with Gasteiger partial charge in [-0.1, -0.05) is 83.1 Å². The van der Waals surface area contributed by atoms with Crippen molar-refractivity contribution in [3.05, 3.63) is 65.3 Å². The van der Waals surface area contributed by atoms with Gasteiger partial charge in [0.15, 0.2) is 11.5 Å². The number of carbonyl (C=O) groups is 1. The van der Waals surface area contributed by atoms with Crippen molar-refractivity contribution in [2.24, 2.45) is 46.3 Å². The average Bonchev–Trinajstić information content (AvgIpc) is 3.35. The Kier molecular flexibility index (Phi) is 9.35. The van der Waals surface area contributed by atoms with E-state index in [1.54, 1.807) is 25.9 Å². The van der Waals surface area contributed by atoms with Crippen molar-refractivity contribution >= 4 is 12.0 Å². The molecule has 5 rings (SSSR count). The molecular weight excluding hydrogens is 532 g/mol. The van der Waals surface area contributed by atoms with Crippen LogP contribution >= 0.6 is 0 Å². The predicted molar refractivity (Wildman–Crippen MR) is 176 cm³/mol. The molecule has 3 saturated carbocycles. The lowest BCUT2D eigenvalue weighted by Gasteiger charge is -2.55. The van der Waals surface area contributed by atoms with Gasteiger partial charge in [0.2, 0.25) is 0 Å². The molecule has 1 aromatic rings. The maximum absolute atomic E-state index is 12.8. The number of ether oxygens (including phenoxy) is 3. The minimum absolute atomic E-state index is 0.0672. The van der Waals surface area contributed by atoms with Gasteiger partial charge in [-0.15, -0.1) is 0 Å². The molecule has 4 aliphatic rings. The van der Waals surface area contributed by atoms with Crippen LogP contribution in [0, 0.1) is 46.3 Å². The Morgan fingerprint density at radius 1 is 0.907 bits per heavy atom. The summed E-state index contributed by atoms with van der Waals surface area (Å²) in [6.45, 7) is 14.6. The molecule has 0 bridgehead atoms. The lowest BCUT2D eigenvalue weighted by atomic mass is 9.50. The molecule has 0 N–H and O–H groups in total. The van der Waals surface area contributed by atoms with E-state index in [9.17, 15) is 4.79 Å². The first-order valence-electron chi connectivity index (χ1n) is 16.7. The molecule has 0 heterocycles. The van der Waals surface area contributed by atoms with Gasteiger partial charge in [0.25, 0.3) is 0 Å². The van der Waals surface area contributed by atoms with Crippen LogP contribution in [0.5, 0.6) is 11.5 Å². The number of benzene rings is 1. The van der Waals surface area contributed by atoms with Gasteiger partial charge in [-0.25, -0.2) is 4.79 Å². The first-order chi connectivity index (χ1) is 20.5. The number of hydrogen-bond donors (Lipinski definition) is 0. The van der Waals surface area contributed by atoms with Crippen LogP contribution < -0.4 is 9.47 Å². The molecule has 8 atom stereocenters. The van der Waals surface area contributed by atoms with Gasteiger partial charge < -0.3 is 14.2 Å². The Morgan fingerprint density at radius 3 is 2.40 bits per heavy atom. The van der Waals surface area contributed by atoms with Crippen molar-refractivity contribution in [1.29, 1.82) is 0 Å². The second kappa shape index (κ2) is 12.7. The molecule has 4 nitrogen and oxygen atoms in total. The molecule has 4 aliphatic carbocycles. The Balaban J connectivity index is 1.25. The van der Waals surface area contributed by atoms with E-state index >= 15 is 0 Å². The fourth-order valence-corrected chi connectivity index (χ4v) is 9.01. The Bertz CT molecular complexity index is 1300. The van der Waals surface area contributed by atoms with Crippen LogP contribution in [0.2, 0.25) is 0 Å². The van der Waals surface area contributed by atoms with E-state index in [1.807, 2.05) is 18.2 Å². The summed E-state index contributed by atoms with van der Waals surface area (Å²) < 4.78 is 16.7. The minimum Gasteiger partial charge on any atom is -0.493 e. The first kappa shape index (κ1) is 31.7. The van der Waals surface area contributed by atoms with Gasteiger partial charge in [0.05, 0.1) is 14.2 Å². The Labute approximate surface area is 260 Å². The molecule has 4 heteroatoms. The third-order valence-electron chi connectivity index (χ3n) is 12.1. The van der Waals surface area contributed by atoms with E-state index in [-0.39, 0.29) is 17.5 Å². The third kappa shape index (κ3) is 6.13. The largest absolute Gasteiger partial charge is 0.493 e. The van der Waals surface area contributed by atoms with Crippen LogP contribution in [-0.4, -0.2) is 26.3 Å². The van der Waals surface area contributed by atoms with Crippen molar-refractivity contribution in [3.63, 3.8) is 0 Å². The van der Waals surface area contributed by atoms with E-state index in [1.165, 1.54) is 37.3 Å². The van der Waals surface area contributed by atoms with E-state index in [2.05, 4.69) is 65.8 Å². The van der Waals surface area contributed by atoms with Gasteiger partial charge in [0, 0.05) is 12.5 Å². The van der Waals surface area contributed by atoms with E-state index < -0.39 is 0 Å². The molecule has 3 fully saturated rings. The van der Waals surface area contributed by atoms with Crippen molar-refractivity contribution in [1.82, 2.24) is 0 Å². The topological polar surface area (TPSA) is 44.8 Å². The predicted octanol–water partition coefficient (Wildman–Crippen LogP) is 9.61. The quantitative estimate of drug-likeness (QED) is 0.164. The molecule has 0 saturated heterocycles. The number of rotatable bonds is 9. The van der Waals surface area contributed by atoms with Crippen molar-refractivity contribution in [2.75, 3.05) is 14.2 Å². The lowest BCUT2D eigenvalue weighted by molar-refractivity contribution is -0.144. The molecule has 0 aliphatic heterocycles. The van der Waals surface area contributed by atoms with Crippen LogP contribution in [0.25, 0.3) is 6.08 Å². The molecule has 43 heavy (non-hydrogen) atoms. The smallest absolute Gasteiger partial charge is 0.331 e. The zero-order chi connectivity index (χ0) is 30.9. The normalized spacial score (nSPS) is 33.3. The van der Waals surface area contributed by atoms with Crippen molar-refractivity contribution in [3.8, 4) is 11.5 Å². The number of allylic oxidation sites excluding steroid dienone is 5. The molecule has 0 radical (unpaired) electrons. The monoisotopic (exact) mass is 586 g/mol. The first-order valence-corrected chi connectivity index (χ1v) is 16.7. The van der Waals surface area contributed by atoms with Gasteiger partial charge in [-0.05, 0) is 109 Å². The lowest BCUT2D eigenvalue weighted by Crippen LogP contribution is -2.46. The van der Waals surface area contributed by atoms with Gasteiger partial charge in [-0.2, -0.15) is 0 Å². The van der Waals surface area contributed by atoms with E-state index in [0.717, 1.165) is 30.7 Å². The van der Waals surface area contributed by atoms with Crippen LogP contribution in [0.15, 0.2) is 59.7 Å². The summed E-state index contributed by atoms with van der Waals surface area (Å²) in [5.41, 5.74) is 4.64. The third-order valence-corrected chi connectivity index (χ3v) is 12.1. The number of carbonyl (C=O) groups excluding carboxylic acids is 1. The summed E-state index contributed by atoms with van der Waals surface area (Å²) in [4.78, 5) is 12.8. The Morgan fingerprint density at radius 2 is 1.67 bits per heavy atom. The summed E-state index contributed by atoms with van der Waals surface area (Å²) in [6, 6.07) is 5.60. The summed E-state index contributed by atoms with van der Waals surface area (Å²) in [5.74, 6) is 5.06. The zero-order valence-electron chi connectivity index (χ0n) is 27.8. The highest BCUT2D eigenvalue weighted by atomic mass is 16.5. The summed E-state index contributed by atoms with van der Waals surface area (Å²) in [5, 5.41) is 0. The van der Waals surface area contributed by atoms with Gasteiger partial charge in [0.1, 0.15) is 6.10 Å². The van der Waals surface area contributed by atoms with E-state index in [4.69, 9.17) is 14.2 Å². The molecule has 2 unspecified atom stereocenters. The highest BCUT2D eigenvalue weighted by molar-refractivity contribution is 5.87. The summed E-state index contributed by atoms with van der Waals surface area (Å²) in [6.07, 6.45) is 21.3. The standard InChI is InChI=1S/C39H54O4/c1-25(2)26(3)9-10-27(4)32-15-16-33-31-14-13-29-24-30(19-21-38(29,5)34(31)20-22-39(32,33)6)43-37(40)18-12-28-11-17-35(41-7)36(23-28)42-8/h9-14,17-18,23,25-27,30,32-34H,15-16,19-22,24H2,1-8H3/b10-9+,18-12?/t26-,27+,30-,32+,33?,34?,38-,39+/m0/s1. The number of fused-ring (bicyclic) bond motifs is 5. The number of esters is 1. The van der Waals surface area contributed by atoms with Crippen LogP contribution in [0.3, 0.4) is 0 Å². The van der Waals surface area contributed by atoms with E-state index in [0.29, 0.717) is 46.5 Å². The highest BCUT2D eigenvalue weighted by Crippen LogP contribution is 2.66. The second-order valence-corrected chi connectivity index (χ2v) is 14.7.